The van der Waals surface area contributed by atoms with Crippen LogP contribution in [0.25, 0.3) is 0 Å². The molecular weight excluding hydrogens is 658 g/mol. The molecule has 268 valence electrons. The maximum atomic E-state index is 12.8. The summed E-state index contributed by atoms with van der Waals surface area (Å²) in [5, 5.41) is 17.5. The summed E-state index contributed by atoms with van der Waals surface area (Å²) in [6.45, 7) is 4.73. The fraction of sp³-hybridized carbons (Fsp3) is 0.500. The topological polar surface area (TPSA) is 187 Å². The van der Waals surface area contributed by atoms with E-state index in [9.17, 15) is 28.0 Å². The van der Waals surface area contributed by atoms with Crippen molar-refractivity contribution in [2.45, 2.75) is 94.5 Å². The molecule has 0 unspecified atom stereocenters. The molecule has 0 atom stereocenters. The van der Waals surface area contributed by atoms with Gasteiger partial charge in [-0.25, -0.2) is 8.42 Å². The Hall–Kier alpha value is -4.66. The third-order valence-electron chi connectivity index (χ3n) is 7.31. The summed E-state index contributed by atoms with van der Waals surface area (Å²) in [4.78, 5) is 36.4. The smallest absolute Gasteiger partial charge is 0.414 e. The van der Waals surface area contributed by atoms with E-state index < -0.39 is 32.7 Å². The summed E-state index contributed by atoms with van der Waals surface area (Å²) in [6, 6.07) is 12.3. The van der Waals surface area contributed by atoms with Gasteiger partial charge in [0.2, 0.25) is 5.91 Å². The molecule has 0 saturated heterocycles. The van der Waals surface area contributed by atoms with Gasteiger partial charge in [0.05, 0.1) is 43.2 Å². The van der Waals surface area contributed by atoms with E-state index in [0.29, 0.717) is 37.5 Å². The van der Waals surface area contributed by atoms with Gasteiger partial charge in [-0.2, -0.15) is 0 Å². The van der Waals surface area contributed by atoms with E-state index in [2.05, 4.69) is 28.9 Å². The second kappa shape index (κ2) is 20.0. The van der Waals surface area contributed by atoms with Crippen LogP contribution in [0.15, 0.2) is 63.1 Å². The van der Waals surface area contributed by atoms with Crippen molar-refractivity contribution in [2.75, 3.05) is 20.3 Å². The predicted molar refractivity (Wildman–Crippen MR) is 175 cm³/mol. The molecule has 0 saturated carbocycles. The molecule has 3 aromatic rings. The lowest BCUT2D eigenvalue weighted by Crippen LogP contribution is -2.31. The number of aromatic nitrogens is 2. The number of methoxy groups -OCH3 is 1. The number of unbranched alkanes of at least 4 members (excludes halogenated alkanes) is 4. The number of carbonyl (C=O) groups is 3. The first-order valence-corrected chi connectivity index (χ1v) is 17.8. The van der Waals surface area contributed by atoms with Crippen molar-refractivity contribution >= 4 is 27.7 Å². The Bertz CT molecular complexity index is 1610. The van der Waals surface area contributed by atoms with Gasteiger partial charge in [0.1, 0.15) is 0 Å². The van der Waals surface area contributed by atoms with Crippen molar-refractivity contribution in [1.29, 1.82) is 0 Å². The number of esters is 2. The fourth-order valence-electron chi connectivity index (χ4n) is 4.64. The average Bonchev–Trinajstić information content (AvgIpc) is 3.47. The largest absolute Gasteiger partial charge is 0.493 e. The van der Waals surface area contributed by atoms with E-state index in [1.54, 1.807) is 24.3 Å². The standard InChI is InChI=1S/C34H45N3O11S/c1-25(2)13-7-4-5-10-16-30(38)35-24-26-17-18-28(29(23-26)44-3)47-32(40)20-19-31(39)45-21-11-12-22-46-33-34(37(41)48-36-33)49(42,43)27-14-8-6-9-15-27/h6,8-9,14-15,17-18,23,25H,4-5,7,10-13,16,19-22,24H2,1-3H3,(H,35,38). The highest BCUT2D eigenvalue weighted by molar-refractivity contribution is 7.91. The van der Waals surface area contributed by atoms with Crippen molar-refractivity contribution in [3.8, 4) is 17.4 Å². The first-order chi connectivity index (χ1) is 23.5. The van der Waals surface area contributed by atoms with Crippen LogP contribution >= 0.6 is 0 Å². The number of nitrogens with zero attached hydrogens (tertiary/aromatic N) is 2. The van der Waals surface area contributed by atoms with Gasteiger partial charge < -0.3 is 29.5 Å². The van der Waals surface area contributed by atoms with Crippen LogP contribution in [0, 0.1) is 11.1 Å². The molecule has 1 amide bonds. The molecule has 14 nitrogen and oxygen atoms in total. The van der Waals surface area contributed by atoms with Crippen LogP contribution in [0.4, 0.5) is 0 Å². The van der Waals surface area contributed by atoms with Crippen LogP contribution in [0.2, 0.25) is 0 Å². The molecule has 1 N–H and O–H groups in total. The van der Waals surface area contributed by atoms with E-state index in [-0.39, 0.29) is 47.5 Å². The highest BCUT2D eigenvalue weighted by Gasteiger charge is 2.35. The van der Waals surface area contributed by atoms with E-state index >= 15 is 0 Å². The van der Waals surface area contributed by atoms with E-state index in [1.165, 1.54) is 44.2 Å². The maximum Gasteiger partial charge on any atom is 0.414 e. The average molecular weight is 704 g/mol. The highest BCUT2D eigenvalue weighted by Crippen LogP contribution is 2.29. The number of ether oxygens (including phenoxy) is 4. The molecule has 2 aromatic carbocycles. The van der Waals surface area contributed by atoms with Gasteiger partial charge in [0.15, 0.2) is 11.5 Å². The Kier molecular flexibility index (Phi) is 15.8. The maximum absolute atomic E-state index is 12.8. The molecule has 0 aliphatic rings. The lowest BCUT2D eigenvalue weighted by atomic mass is 10.0. The van der Waals surface area contributed by atoms with Crippen molar-refractivity contribution in [2.24, 2.45) is 5.92 Å². The van der Waals surface area contributed by atoms with Crippen molar-refractivity contribution in [3.63, 3.8) is 0 Å². The third kappa shape index (κ3) is 13.0. The molecular formula is C34H45N3O11S. The summed E-state index contributed by atoms with van der Waals surface area (Å²) in [5.41, 5.74) is 0.781. The summed E-state index contributed by atoms with van der Waals surface area (Å²) in [5.74, 6) is -0.542. The summed E-state index contributed by atoms with van der Waals surface area (Å²) in [6.07, 6.45) is 6.16. The second-order valence-electron chi connectivity index (χ2n) is 11.7. The minimum Gasteiger partial charge on any atom is -0.493 e. The third-order valence-corrected chi connectivity index (χ3v) is 9.03. The number of benzene rings is 2. The molecule has 0 aliphatic heterocycles. The number of rotatable bonds is 22. The Morgan fingerprint density at radius 1 is 0.898 bits per heavy atom. The minimum atomic E-state index is -4.23. The molecule has 0 radical (unpaired) electrons. The molecule has 0 spiro atoms. The lowest BCUT2D eigenvalue weighted by Gasteiger charge is -2.12. The van der Waals surface area contributed by atoms with Crippen LogP contribution in [0.5, 0.6) is 17.4 Å². The van der Waals surface area contributed by atoms with Crippen LogP contribution in [-0.4, -0.2) is 51.7 Å². The number of hydrogen-bond acceptors (Lipinski definition) is 12. The lowest BCUT2D eigenvalue weighted by molar-refractivity contribution is -0.832. The van der Waals surface area contributed by atoms with Gasteiger partial charge in [0, 0.05) is 13.0 Å². The second-order valence-corrected chi connectivity index (χ2v) is 13.6. The van der Waals surface area contributed by atoms with Crippen molar-refractivity contribution in [3.05, 3.63) is 59.3 Å². The first-order valence-electron chi connectivity index (χ1n) is 16.3. The Balaban J connectivity index is 1.31. The summed E-state index contributed by atoms with van der Waals surface area (Å²) < 4.78 is 51.3. The normalized spacial score (nSPS) is 11.3. The van der Waals surface area contributed by atoms with Gasteiger partial charge in [0.25, 0.3) is 9.84 Å². The number of carbonyl (C=O) groups excluding carboxylic acids is 3. The molecule has 49 heavy (non-hydrogen) atoms. The molecule has 3 rings (SSSR count). The van der Waals surface area contributed by atoms with Crippen molar-refractivity contribution in [1.82, 2.24) is 10.5 Å². The molecule has 15 heteroatoms. The van der Waals surface area contributed by atoms with Crippen LogP contribution in [-0.2, 0) is 35.5 Å². The molecule has 1 aromatic heterocycles. The molecule has 1 heterocycles. The molecule has 0 fully saturated rings. The Labute approximate surface area is 286 Å². The molecule has 0 bridgehead atoms. The van der Waals surface area contributed by atoms with Crippen LogP contribution in [0.3, 0.4) is 0 Å². The number of amides is 1. The zero-order valence-electron chi connectivity index (χ0n) is 28.2. The summed E-state index contributed by atoms with van der Waals surface area (Å²) in [7, 11) is -2.79. The Morgan fingerprint density at radius 3 is 2.35 bits per heavy atom. The van der Waals surface area contributed by atoms with Crippen LogP contribution in [0.1, 0.15) is 83.6 Å². The number of hydrogen-bond donors (Lipinski definition) is 1. The van der Waals surface area contributed by atoms with Gasteiger partial charge in [-0.1, -0.05) is 63.8 Å². The van der Waals surface area contributed by atoms with Crippen LogP contribution < -0.4 is 24.4 Å². The van der Waals surface area contributed by atoms with Gasteiger partial charge in [-0.3, -0.25) is 19.0 Å². The van der Waals surface area contributed by atoms with E-state index in [1.807, 2.05) is 0 Å². The quantitative estimate of drug-likeness (QED) is 0.0650. The van der Waals surface area contributed by atoms with Gasteiger partial charge in [-0.05, 0) is 59.9 Å². The predicted octanol–water partition coefficient (Wildman–Crippen LogP) is 4.85. The molecule has 0 aliphatic carbocycles. The minimum absolute atomic E-state index is 0.0195. The highest BCUT2D eigenvalue weighted by atomic mass is 32.2. The number of sulfone groups is 1. The zero-order chi connectivity index (χ0) is 35.6. The Morgan fingerprint density at radius 2 is 1.61 bits per heavy atom. The number of nitrogens with one attached hydrogen (secondary N) is 1. The van der Waals surface area contributed by atoms with Crippen molar-refractivity contribution < 1.29 is 51.3 Å². The summed E-state index contributed by atoms with van der Waals surface area (Å²) >= 11 is 0. The van der Waals surface area contributed by atoms with Gasteiger partial charge >= 0.3 is 22.8 Å². The zero-order valence-corrected chi connectivity index (χ0v) is 29.0. The fourth-order valence-corrected chi connectivity index (χ4v) is 5.93. The van der Waals surface area contributed by atoms with E-state index in [4.69, 9.17) is 18.9 Å². The monoisotopic (exact) mass is 703 g/mol. The SMILES string of the molecule is COc1cc(CNC(=O)CCCCCCC(C)C)ccc1OC(=O)CCC(=O)OCCCCOc1no[n+]([O-])c1S(=O)(=O)c1ccccc1. The van der Waals surface area contributed by atoms with E-state index in [0.717, 1.165) is 24.8 Å². The first kappa shape index (κ1) is 38.8. The van der Waals surface area contributed by atoms with Gasteiger partial charge in [-0.15, -0.1) is 0 Å².